The van der Waals surface area contributed by atoms with Crippen LogP contribution in [0.2, 0.25) is 0 Å². The molecule has 0 unspecified atom stereocenters. The van der Waals surface area contributed by atoms with Gasteiger partial charge in [-0.1, -0.05) is 12.1 Å². The number of rotatable bonds is 9. The fourth-order valence-electron chi connectivity index (χ4n) is 1.61. The monoisotopic (exact) mass is 330 g/mol. The summed E-state index contributed by atoms with van der Waals surface area (Å²) in [6.07, 6.45) is 0. The van der Waals surface area contributed by atoms with Crippen LogP contribution in [0.25, 0.3) is 0 Å². The van der Waals surface area contributed by atoms with Gasteiger partial charge in [0.15, 0.2) is 0 Å². The number of methoxy groups -OCH3 is 1. The van der Waals surface area contributed by atoms with E-state index < -0.39 is 0 Å². The van der Waals surface area contributed by atoms with Gasteiger partial charge >= 0.3 is 5.97 Å². The van der Waals surface area contributed by atoms with Crippen molar-refractivity contribution in [2.45, 2.75) is 13.5 Å². The number of ether oxygens (including phenoxy) is 2. The quantitative estimate of drug-likeness (QED) is 0.524. The number of hydrogen-bond acceptors (Lipinski definition) is 5. The number of carbonyl (C=O) groups excluding carboxylic acids is 2. The zero-order chi connectivity index (χ0) is 15.5. The van der Waals surface area contributed by atoms with Crippen LogP contribution in [0, 0.1) is 0 Å². The summed E-state index contributed by atoms with van der Waals surface area (Å²) < 4.78 is 9.77. The Bertz CT molecular complexity index is 451. The van der Waals surface area contributed by atoms with Gasteiger partial charge in [0.1, 0.15) is 0 Å². The molecule has 0 bridgehead atoms. The van der Waals surface area contributed by atoms with E-state index in [1.807, 2.05) is 0 Å². The predicted molar refractivity (Wildman–Crippen MR) is 86.2 cm³/mol. The Labute approximate surface area is 137 Å². The van der Waals surface area contributed by atoms with E-state index in [0.717, 1.165) is 5.56 Å². The largest absolute Gasteiger partial charge is 0.462 e. The number of esters is 1. The third-order valence-corrected chi connectivity index (χ3v) is 2.72. The Kier molecular flexibility index (Phi) is 11.1. The second kappa shape index (κ2) is 12.0. The predicted octanol–water partition coefficient (Wildman–Crippen LogP) is 1.14. The average molecular weight is 331 g/mol. The molecule has 0 fully saturated rings. The first-order chi connectivity index (χ1) is 10.2. The highest BCUT2D eigenvalue weighted by Crippen LogP contribution is 2.05. The second-order valence-corrected chi connectivity index (χ2v) is 4.36. The highest BCUT2D eigenvalue weighted by Gasteiger charge is 2.06. The Morgan fingerprint density at radius 3 is 2.45 bits per heavy atom. The summed E-state index contributed by atoms with van der Waals surface area (Å²) >= 11 is 0. The summed E-state index contributed by atoms with van der Waals surface area (Å²) in [4.78, 5) is 23.0. The zero-order valence-electron chi connectivity index (χ0n) is 12.9. The van der Waals surface area contributed by atoms with E-state index >= 15 is 0 Å². The Hall–Kier alpha value is -1.63. The molecular weight excluding hydrogens is 308 g/mol. The van der Waals surface area contributed by atoms with E-state index in [4.69, 9.17) is 9.47 Å². The van der Waals surface area contributed by atoms with Gasteiger partial charge in [0.25, 0.3) is 0 Å². The number of benzene rings is 1. The standard InChI is InChI=1S/C15H22N2O4.ClH/c1-3-21-15(19)13-6-4-12(5-7-13)10-17-14(18)11-16-8-9-20-2;/h4-7,16H,3,8-11H2,1-2H3,(H,17,18);1H. The lowest BCUT2D eigenvalue weighted by Gasteiger charge is -2.07. The maximum Gasteiger partial charge on any atom is 0.338 e. The first-order valence-corrected chi connectivity index (χ1v) is 6.89. The highest BCUT2D eigenvalue weighted by molar-refractivity contribution is 5.89. The molecule has 1 amide bonds. The van der Waals surface area contributed by atoms with Gasteiger partial charge in [0, 0.05) is 20.2 Å². The van der Waals surface area contributed by atoms with Crippen LogP contribution in [-0.2, 0) is 20.8 Å². The maximum absolute atomic E-state index is 11.6. The molecule has 0 spiro atoms. The van der Waals surface area contributed by atoms with Gasteiger partial charge in [-0.25, -0.2) is 4.79 Å². The van der Waals surface area contributed by atoms with Crippen LogP contribution in [0.3, 0.4) is 0 Å². The van der Waals surface area contributed by atoms with E-state index in [0.29, 0.717) is 31.9 Å². The van der Waals surface area contributed by atoms with Crippen LogP contribution in [0.1, 0.15) is 22.8 Å². The van der Waals surface area contributed by atoms with Crippen LogP contribution in [-0.4, -0.2) is 45.3 Å². The van der Waals surface area contributed by atoms with Crippen molar-refractivity contribution >= 4 is 24.3 Å². The van der Waals surface area contributed by atoms with Gasteiger partial charge in [0.2, 0.25) is 5.91 Å². The lowest BCUT2D eigenvalue weighted by Crippen LogP contribution is -2.34. The van der Waals surface area contributed by atoms with Gasteiger partial charge in [-0.15, -0.1) is 12.4 Å². The first kappa shape index (κ1) is 20.4. The van der Waals surface area contributed by atoms with E-state index in [1.165, 1.54) is 0 Å². The lowest BCUT2D eigenvalue weighted by atomic mass is 10.1. The molecule has 2 N–H and O–H groups in total. The van der Waals surface area contributed by atoms with Crippen molar-refractivity contribution in [1.82, 2.24) is 10.6 Å². The van der Waals surface area contributed by atoms with E-state index in [1.54, 1.807) is 38.3 Å². The van der Waals surface area contributed by atoms with Crippen molar-refractivity contribution in [1.29, 1.82) is 0 Å². The molecule has 0 aromatic heterocycles. The minimum Gasteiger partial charge on any atom is -0.462 e. The van der Waals surface area contributed by atoms with Gasteiger partial charge in [-0.2, -0.15) is 0 Å². The second-order valence-electron chi connectivity index (χ2n) is 4.36. The van der Waals surface area contributed by atoms with Gasteiger partial charge in [-0.3, -0.25) is 4.79 Å². The molecule has 1 rings (SSSR count). The minimum atomic E-state index is -0.338. The molecule has 124 valence electrons. The van der Waals surface area contributed by atoms with Crippen molar-refractivity contribution in [3.05, 3.63) is 35.4 Å². The molecule has 0 aliphatic heterocycles. The molecule has 0 saturated carbocycles. The smallest absolute Gasteiger partial charge is 0.338 e. The molecule has 0 saturated heterocycles. The average Bonchev–Trinajstić information content (AvgIpc) is 2.50. The summed E-state index contributed by atoms with van der Waals surface area (Å²) in [5.41, 5.74) is 1.43. The normalized spacial score (nSPS) is 9.73. The summed E-state index contributed by atoms with van der Waals surface area (Å²) in [6.45, 7) is 4.01. The first-order valence-electron chi connectivity index (χ1n) is 6.89. The highest BCUT2D eigenvalue weighted by atomic mass is 35.5. The van der Waals surface area contributed by atoms with Crippen LogP contribution < -0.4 is 10.6 Å². The number of amides is 1. The molecule has 0 heterocycles. The molecule has 1 aromatic carbocycles. The van der Waals surface area contributed by atoms with Crippen molar-refractivity contribution in [3.63, 3.8) is 0 Å². The molecule has 22 heavy (non-hydrogen) atoms. The Balaban J connectivity index is 0.00000441. The van der Waals surface area contributed by atoms with E-state index in [-0.39, 0.29) is 30.8 Å². The van der Waals surface area contributed by atoms with Gasteiger partial charge in [0.05, 0.1) is 25.3 Å². The summed E-state index contributed by atoms with van der Waals surface area (Å²) in [6, 6.07) is 6.97. The SMILES string of the molecule is CCOC(=O)c1ccc(CNC(=O)CNCCOC)cc1.Cl. The Morgan fingerprint density at radius 2 is 1.86 bits per heavy atom. The topological polar surface area (TPSA) is 76.7 Å². The van der Waals surface area contributed by atoms with Crippen molar-refractivity contribution in [3.8, 4) is 0 Å². The zero-order valence-corrected chi connectivity index (χ0v) is 13.7. The number of hydrogen-bond donors (Lipinski definition) is 2. The molecule has 0 atom stereocenters. The third-order valence-electron chi connectivity index (χ3n) is 2.72. The fraction of sp³-hybridized carbons (Fsp3) is 0.467. The van der Waals surface area contributed by atoms with Crippen LogP contribution in [0.4, 0.5) is 0 Å². The minimum absolute atomic E-state index is 0. The van der Waals surface area contributed by atoms with Crippen molar-refractivity contribution < 1.29 is 19.1 Å². The third kappa shape index (κ3) is 7.97. The molecule has 0 radical (unpaired) electrons. The maximum atomic E-state index is 11.6. The van der Waals surface area contributed by atoms with E-state index in [9.17, 15) is 9.59 Å². The number of carbonyl (C=O) groups is 2. The van der Waals surface area contributed by atoms with Crippen LogP contribution in [0.5, 0.6) is 0 Å². The molecule has 7 heteroatoms. The van der Waals surface area contributed by atoms with Crippen molar-refractivity contribution in [2.24, 2.45) is 0 Å². The van der Waals surface area contributed by atoms with Crippen LogP contribution >= 0.6 is 12.4 Å². The molecule has 6 nitrogen and oxygen atoms in total. The van der Waals surface area contributed by atoms with Gasteiger partial charge in [-0.05, 0) is 24.6 Å². The Morgan fingerprint density at radius 1 is 1.18 bits per heavy atom. The lowest BCUT2D eigenvalue weighted by molar-refractivity contribution is -0.120. The molecular formula is C15H23ClN2O4. The fourth-order valence-corrected chi connectivity index (χ4v) is 1.61. The summed E-state index contributed by atoms with van der Waals surface area (Å²) in [7, 11) is 1.61. The van der Waals surface area contributed by atoms with E-state index in [2.05, 4.69) is 10.6 Å². The molecule has 1 aromatic rings. The molecule has 0 aliphatic carbocycles. The van der Waals surface area contributed by atoms with Gasteiger partial charge < -0.3 is 20.1 Å². The summed E-state index contributed by atoms with van der Waals surface area (Å²) in [5.74, 6) is -0.420. The number of nitrogens with one attached hydrogen (secondary N) is 2. The summed E-state index contributed by atoms with van der Waals surface area (Å²) in [5, 5.41) is 5.75. The van der Waals surface area contributed by atoms with Crippen molar-refractivity contribution in [2.75, 3.05) is 33.4 Å². The molecule has 0 aliphatic rings. The number of halogens is 1. The van der Waals surface area contributed by atoms with Crippen LogP contribution in [0.15, 0.2) is 24.3 Å².